The standard InChI is InChI=1S/C35H55BO.C6H11.2ClH.Zr/c1-10-11-15-30-16-18-33(32-19-17-31(36)23-27(32)5)34(24-30)29(7)35(8,20-13-12-14-21-37-9)28(6)26(4)22-25(2)3;1-6-4-2-3-5-6;;;/h16-19,23-24,27-29,32-34H,2,4,10-15,20-22H2,1,3,5-9H3;2-5H2,1H3;2*1H;/q;-1;;;+2/p-2. The van der Waals surface area contributed by atoms with E-state index in [-0.39, 0.29) is 5.41 Å². The van der Waals surface area contributed by atoms with E-state index in [1.165, 1.54) is 80.9 Å². The Morgan fingerprint density at radius 3 is 2.22 bits per heavy atom. The Morgan fingerprint density at radius 2 is 1.70 bits per heavy atom. The van der Waals surface area contributed by atoms with E-state index in [1.54, 1.807) is 13.0 Å². The fraction of sp³-hybridized carbons (Fsp3) is 0.683. The van der Waals surface area contributed by atoms with Gasteiger partial charge in [0.2, 0.25) is 0 Å². The summed E-state index contributed by atoms with van der Waals surface area (Å²) in [5.74, 6) is 4.53. The maximum absolute atomic E-state index is 6.18. The number of rotatable bonds is 16. The Morgan fingerprint density at radius 1 is 1.07 bits per heavy atom. The van der Waals surface area contributed by atoms with Crippen molar-refractivity contribution < 1.29 is 25.6 Å². The monoisotopic (exact) mass is 745 g/mol. The van der Waals surface area contributed by atoms with Crippen molar-refractivity contribution in [3.05, 3.63) is 77.7 Å². The summed E-state index contributed by atoms with van der Waals surface area (Å²) in [4.78, 5) is 0. The van der Waals surface area contributed by atoms with E-state index < -0.39 is 20.8 Å². The minimum absolute atomic E-state index is 0.149. The first kappa shape index (κ1) is 43.9. The van der Waals surface area contributed by atoms with Gasteiger partial charge in [0.05, 0.1) is 0 Å². The molecule has 2 radical (unpaired) electrons. The Balaban J connectivity index is 0.00000102. The van der Waals surface area contributed by atoms with E-state index >= 15 is 0 Å². The Kier molecular flexibility index (Phi) is 23.1. The van der Waals surface area contributed by atoms with Crippen LogP contribution in [0, 0.1) is 46.8 Å². The van der Waals surface area contributed by atoms with Crippen molar-refractivity contribution in [2.45, 2.75) is 126 Å². The SMILES string of the molecule is C[C-]1CCCC1.[B]C1=CC(C)C(C2C=CC(CCCC)=CC2C(C)C(C)(CCCCCOC)C(C)C(=C)CC(=C)C)C=C1.[Cl][Zr][Cl]. The summed E-state index contributed by atoms with van der Waals surface area (Å²) >= 11 is -0.826. The second kappa shape index (κ2) is 24.1. The van der Waals surface area contributed by atoms with Crippen LogP contribution in [0.1, 0.15) is 126 Å². The van der Waals surface area contributed by atoms with Crippen LogP contribution >= 0.6 is 17.0 Å². The average Bonchev–Trinajstić information content (AvgIpc) is 3.50. The van der Waals surface area contributed by atoms with Gasteiger partial charge in [-0.2, -0.15) is 19.8 Å². The van der Waals surface area contributed by atoms with Crippen LogP contribution < -0.4 is 0 Å². The molecule has 3 rings (SSSR count). The van der Waals surface area contributed by atoms with E-state index in [9.17, 15) is 0 Å². The first-order valence-corrected chi connectivity index (χ1v) is 24.3. The number of allylic oxidation sites excluding steroid dienone is 10. The summed E-state index contributed by atoms with van der Waals surface area (Å²) in [7, 11) is 17.9. The molecule has 0 aromatic carbocycles. The Labute approximate surface area is 306 Å². The summed E-state index contributed by atoms with van der Waals surface area (Å²) < 4.78 is 5.33. The molecule has 0 spiro atoms. The molecule has 0 aromatic heterocycles. The van der Waals surface area contributed by atoms with Gasteiger partial charge in [0, 0.05) is 13.7 Å². The number of hydrogen-bond acceptors (Lipinski definition) is 1. The molecule has 5 heteroatoms. The molecule has 1 fully saturated rings. The molecule has 1 nitrogen and oxygen atoms in total. The minimum atomic E-state index is -0.826. The second-order valence-corrected chi connectivity index (χ2v) is 18.4. The van der Waals surface area contributed by atoms with Gasteiger partial charge in [-0.3, -0.25) is 0 Å². The van der Waals surface area contributed by atoms with E-state index in [0.717, 1.165) is 24.9 Å². The summed E-state index contributed by atoms with van der Waals surface area (Å²) in [5.41, 5.74) is 5.11. The third kappa shape index (κ3) is 15.2. The molecule has 3 aliphatic rings. The number of methoxy groups -OCH3 is 1. The third-order valence-electron chi connectivity index (χ3n) is 11.0. The predicted octanol–water partition coefficient (Wildman–Crippen LogP) is 13.3. The molecule has 0 saturated heterocycles. The van der Waals surface area contributed by atoms with Crippen molar-refractivity contribution in [1.29, 1.82) is 0 Å². The molecule has 46 heavy (non-hydrogen) atoms. The molecule has 258 valence electrons. The quantitative estimate of drug-likeness (QED) is 0.0661. The second-order valence-electron chi connectivity index (χ2n) is 14.7. The number of hydrogen-bond donors (Lipinski definition) is 0. The van der Waals surface area contributed by atoms with Gasteiger partial charge < -0.3 is 10.7 Å². The van der Waals surface area contributed by atoms with Crippen LogP contribution in [0.4, 0.5) is 0 Å². The van der Waals surface area contributed by atoms with Crippen molar-refractivity contribution in [1.82, 2.24) is 0 Å². The molecule has 0 N–H and O–H groups in total. The summed E-state index contributed by atoms with van der Waals surface area (Å²) in [6.45, 7) is 26.2. The number of unbranched alkanes of at least 4 members (excludes halogenated alkanes) is 3. The average molecular weight is 748 g/mol. The van der Waals surface area contributed by atoms with Gasteiger partial charge >= 0.3 is 37.9 Å². The van der Waals surface area contributed by atoms with E-state index in [0.29, 0.717) is 35.5 Å². The first-order valence-electron chi connectivity index (χ1n) is 18.0. The first-order chi connectivity index (χ1) is 21.9. The molecule has 0 bridgehead atoms. The van der Waals surface area contributed by atoms with Gasteiger partial charge in [0.1, 0.15) is 7.85 Å². The van der Waals surface area contributed by atoms with Crippen LogP contribution in [0.15, 0.2) is 71.8 Å². The van der Waals surface area contributed by atoms with Gasteiger partial charge in [-0.15, -0.1) is 5.47 Å². The van der Waals surface area contributed by atoms with Crippen molar-refractivity contribution in [3.8, 4) is 0 Å². The number of halogens is 2. The van der Waals surface area contributed by atoms with Gasteiger partial charge in [0.15, 0.2) is 0 Å². The van der Waals surface area contributed by atoms with Crippen LogP contribution in [0.2, 0.25) is 0 Å². The fourth-order valence-electron chi connectivity index (χ4n) is 7.73. The van der Waals surface area contributed by atoms with E-state index in [2.05, 4.69) is 98.1 Å². The van der Waals surface area contributed by atoms with Gasteiger partial charge in [-0.25, -0.2) is 0 Å². The normalized spacial score (nSPS) is 25.1. The topological polar surface area (TPSA) is 9.23 Å². The molecule has 0 aliphatic heterocycles. The molecule has 1 saturated carbocycles. The number of ether oxygens (including phenoxy) is 1. The van der Waals surface area contributed by atoms with Crippen LogP contribution in [0.5, 0.6) is 0 Å². The molecule has 7 unspecified atom stereocenters. The van der Waals surface area contributed by atoms with E-state index in [4.69, 9.17) is 29.6 Å². The van der Waals surface area contributed by atoms with Crippen LogP contribution in [-0.2, 0) is 25.6 Å². The van der Waals surface area contributed by atoms with Crippen LogP contribution in [0.25, 0.3) is 0 Å². The van der Waals surface area contributed by atoms with Crippen LogP contribution in [0.3, 0.4) is 0 Å². The summed E-state index contributed by atoms with van der Waals surface area (Å²) in [5, 5.41) is 0. The zero-order valence-corrected chi connectivity index (χ0v) is 34.7. The van der Waals surface area contributed by atoms with Crippen molar-refractivity contribution in [2.24, 2.45) is 40.9 Å². The van der Waals surface area contributed by atoms with Crippen LogP contribution in [-0.4, -0.2) is 21.6 Å². The van der Waals surface area contributed by atoms with Gasteiger partial charge in [-0.1, -0.05) is 133 Å². The predicted molar refractivity (Wildman–Crippen MR) is 204 cm³/mol. The van der Waals surface area contributed by atoms with Crippen molar-refractivity contribution in [2.75, 3.05) is 13.7 Å². The Hall–Kier alpha value is -0.0719. The molecular weight excluding hydrogens is 681 g/mol. The molecule has 3 aliphatic carbocycles. The van der Waals surface area contributed by atoms with Crippen molar-refractivity contribution in [3.63, 3.8) is 0 Å². The Bertz CT molecular complexity index is 1010. The molecule has 0 heterocycles. The third-order valence-corrected chi connectivity index (χ3v) is 11.0. The van der Waals surface area contributed by atoms with Gasteiger partial charge in [0.25, 0.3) is 0 Å². The van der Waals surface area contributed by atoms with E-state index in [1.807, 2.05) is 0 Å². The van der Waals surface area contributed by atoms with Gasteiger partial charge in [-0.05, 0) is 80.0 Å². The summed E-state index contributed by atoms with van der Waals surface area (Å²) in [6.07, 6.45) is 29.5. The maximum atomic E-state index is 6.18. The zero-order valence-electron chi connectivity index (χ0n) is 30.8. The van der Waals surface area contributed by atoms with Crippen molar-refractivity contribution >= 4 is 24.9 Å². The zero-order chi connectivity index (χ0) is 34.7. The fourth-order valence-corrected chi connectivity index (χ4v) is 7.73. The molecule has 0 amide bonds. The summed E-state index contributed by atoms with van der Waals surface area (Å²) in [6, 6.07) is 0. The molecule has 7 atom stereocenters. The molecular formula is C41H66BCl2OZr-. The molecule has 0 aromatic rings.